The van der Waals surface area contributed by atoms with Crippen LogP contribution in [0.4, 0.5) is 5.69 Å². The van der Waals surface area contributed by atoms with Gasteiger partial charge in [-0.1, -0.05) is 42.8 Å². The molecule has 1 N–H and O–H groups in total. The topological polar surface area (TPSA) is 51.5 Å². The number of amides is 1. The Morgan fingerprint density at radius 2 is 1.74 bits per heavy atom. The van der Waals surface area contributed by atoms with Crippen LogP contribution in [0.3, 0.4) is 0 Å². The number of rotatable bonds is 5. The van der Waals surface area contributed by atoms with Gasteiger partial charge in [-0.05, 0) is 43.7 Å². The average molecular weight is 359 g/mol. The SMILES string of the molecule is CCC(Oc1ccc(C)cc1)C(=O)Nc1ccc2c(c1)oc1ccccc12. The summed E-state index contributed by atoms with van der Waals surface area (Å²) < 4.78 is 11.7. The number of carbonyl (C=O) groups is 1. The number of furan rings is 1. The zero-order valence-corrected chi connectivity index (χ0v) is 15.4. The largest absolute Gasteiger partial charge is 0.481 e. The number of benzene rings is 3. The molecule has 1 atom stereocenters. The van der Waals surface area contributed by atoms with Crippen molar-refractivity contribution in [2.45, 2.75) is 26.4 Å². The predicted octanol–water partition coefficient (Wildman–Crippen LogP) is 5.69. The van der Waals surface area contributed by atoms with E-state index in [2.05, 4.69) is 5.32 Å². The first-order valence-electron chi connectivity index (χ1n) is 9.09. The third kappa shape index (κ3) is 3.51. The van der Waals surface area contributed by atoms with Gasteiger partial charge in [0.25, 0.3) is 5.91 Å². The number of fused-ring (bicyclic) bond motifs is 3. The van der Waals surface area contributed by atoms with Gasteiger partial charge in [0.15, 0.2) is 6.10 Å². The van der Waals surface area contributed by atoms with Gasteiger partial charge in [-0.15, -0.1) is 0 Å². The van der Waals surface area contributed by atoms with Crippen LogP contribution in [0.2, 0.25) is 0 Å². The van der Waals surface area contributed by atoms with Crippen molar-refractivity contribution < 1.29 is 13.9 Å². The zero-order chi connectivity index (χ0) is 18.8. The van der Waals surface area contributed by atoms with Gasteiger partial charge in [0.1, 0.15) is 16.9 Å². The van der Waals surface area contributed by atoms with Crippen molar-refractivity contribution in [3.05, 3.63) is 72.3 Å². The molecule has 0 aliphatic heterocycles. The van der Waals surface area contributed by atoms with Crippen LogP contribution in [-0.2, 0) is 4.79 Å². The molecule has 0 fully saturated rings. The van der Waals surface area contributed by atoms with Gasteiger partial charge in [-0.3, -0.25) is 4.79 Å². The van der Waals surface area contributed by atoms with E-state index in [0.717, 1.165) is 27.5 Å². The van der Waals surface area contributed by atoms with Crippen LogP contribution in [0.5, 0.6) is 5.75 Å². The number of carbonyl (C=O) groups excluding carboxylic acids is 1. The number of nitrogens with one attached hydrogen (secondary N) is 1. The summed E-state index contributed by atoms with van der Waals surface area (Å²) in [6.45, 7) is 3.95. The number of para-hydroxylation sites is 1. The van der Waals surface area contributed by atoms with Crippen LogP contribution in [0, 0.1) is 6.92 Å². The molecule has 4 rings (SSSR count). The molecule has 1 heterocycles. The predicted molar refractivity (Wildman–Crippen MR) is 108 cm³/mol. The first-order valence-corrected chi connectivity index (χ1v) is 9.09. The molecule has 136 valence electrons. The molecule has 0 aliphatic rings. The van der Waals surface area contributed by atoms with Crippen molar-refractivity contribution in [1.82, 2.24) is 0 Å². The Morgan fingerprint density at radius 1 is 1.00 bits per heavy atom. The highest BCUT2D eigenvalue weighted by Crippen LogP contribution is 2.30. The lowest BCUT2D eigenvalue weighted by molar-refractivity contribution is -0.122. The minimum Gasteiger partial charge on any atom is -0.481 e. The molecule has 0 saturated heterocycles. The molecule has 4 heteroatoms. The van der Waals surface area contributed by atoms with Gasteiger partial charge < -0.3 is 14.5 Å². The molecule has 0 spiro atoms. The Hall–Kier alpha value is -3.27. The number of aryl methyl sites for hydroxylation is 1. The van der Waals surface area contributed by atoms with Gasteiger partial charge in [-0.25, -0.2) is 0 Å². The number of hydrogen-bond acceptors (Lipinski definition) is 3. The lowest BCUT2D eigenvalue weighted by Crippen LogP contribution is -2.32. The van der Waals surface area contributed by atoms with Crippen LogP contribution in [0.25, 0.3) is 21.9 Å². The first kappa shape index (κ1) is 17.2. The fraction of sp³-hybridized carbons (Fsp3) is 0.174. The third-order valence-electron chi connectivity index (χ3n) is 4.61. The normalized spacial score (nSPS) is 12.2. The van der Waals surface area contributed by atoms with Crippen LogP contribution in [0.15, 0.2) is 71.1 Å². The summed E-state index contributed by atoms with van der Waals surface area (Å²) in [5.41, 5.74) is 3.43. The smallest absolute Gasteiger partial charge is 0.265 e. The van der Waals surface area contributed by atoms with Gasteiger partial charge in [0, 0.05) is 22.5 Å². The van der Waals surface area contributed by atoms with Crippen LogP contribution < -0.4 is 10.1 Å². The molecule has 1 amide bonds. The second-order valence-electron chi connectivity index (χ2n) is 6.63. The lowest BCUT2D eigenvalue weighted by Gasteiger charge is -2.17. The summed E-state index contributed by atoms with van der Waals surface area (Å²) in [5.74, 6) is 0.517. The minimum atomic E-state index is -0.556. The Morgan fingerprint density at radius 3 is 2.52 bits per heavy atom. The summed E-state index contributed by atoms with van der Waals surface area (Å²) in [5, 5.41) is 5.04. The van der Waals surface area contributed by atoms with Gasteiger partial charge in [0.05, 0.1) is 0 Å². The van der Waals surface area contributed by atoms with Gasteiger partial charge in [-0.2, -0.15) is 0 Å². The van der Waals surface area contributed by atoms with Crippen molar-refractivity contribution >= 4 is 33.5 Å². The van der Waals surface area contributed by atoms with Crippen molar-refractivity contribution in [3.8, 4) is 5.75 Å². The number of hydrogen-bond donors (Lipinski definition) is 1. The van der Waals surface area contributed by atoms with Crippen molar-refractivity contribution in [3.63, 3.8) is 0 Å². The van der Waals surface area contributed by atoms with Crippen LogP contribution in [0.1, 0.15) is 18.9 Å². The molecule has 0 aliphatic carbocycles. The summed E-state index contributed by atoms with van der Waals surface area (Å²) >= 11 is 0. The maximum absolute atomic E-state index is 12.7. The fourth-order valence-corrected chi connectivity index (χ4v) is 3.13. The first-order chi connectivity index (χ1) is 13.1. The second kappa shape index (κ2) is 7.16. The molecule has 1 unspecified atom stereocenters. The van der Waals surface area contributed by atoms with Crippen molar-refractivity contribution in [1.29, 1.82) is 0 Å². The van der Waals surface area contributed by atoms with Gasteiger partial charge in [0.2, 0.25) is 0 Å². The average Bonchev–Trinajstić information content (AvgIpc) is 3.05. The highest BCUT2D eigenvalue weighted by molar-refractivity contribution is 6.06. The lowest BCUT2D eigenvalue weighted by atomic mass is 10.1. The van der Waals surface area contributed by atoms with E-state index in [4.69, 9.17) is 9.15 Å². The second-order valence-corrected chi connectivity index (χ2v) is 6.63. The molecular formula is C23H21NO3. The fourth-order valence-electron chi connectivity index (χ4n) is 3.13. The molecule has 3 aromatic carbocycles. The van der Waals surface area contributed by atoms with E-state index >= 15 is 0 Å². The van der Waals surface area contributed by atoms with E-state index in [1.807, 2.05) is 80.6 Å². The Labute approximate surface area is 157 Å². The highest BCUT2D eigenvalue weighted by atomic mass is 16.5. The van der Waals surface area contributed by atoms with Gasteiger partial charge >= 0.3 is 0 Å². The number of ether oxygens (including phenoxy) is 1. The summed E-state index contributed by atoms with van der Waals surface area (Å²) in [6, 6.07) is 21.3. The summed E-state index contributed by atoms with van der Waals surface area (Å²) in [7, 11) is 0. The molecule has 0 saturated carbocycles. The van der Waals surface area contributed by atoms with E-state index in [-0.39, 0.29) is 5.91 Å². The molecule has 4 nitrogen and oxygen atoms in total. The highest BCUT2D eigenvalue weighted by Gasteiger charge is 2.19. The molecular weight excluding hydrogens is 338 g/mol. The van der Waals surface area contributed by atoms with E-state index in [1.54, 1.807) is 0 Å². The number of anilines is 1. The molecule has 0 radical (unpaired) electrons. The summed E-state index contributed by atoms with van der Waals surface area (Å²) in [6.07, 6.45) is 0.0196. The summed E-state index contributed by atoms with van der Waals surface area (Å²) in [4.78, 5) is 12.7. The maximum atomic E-state index is 12.7. The van der Waals surface area contributed by atoms with Crippen LogP contribution in [-0.4, -0.2) is 12.0 Å². The molecule has 27 heavy (non-hydrogen) atoms. The van der Waals surface area contributed by atoms with Crippen molar-refractivity contribution in [2.75, 3.05) is 5.32 Å². The quantitative estimate of drug-likeness (QED) is 0.498. The molecule has 1 aromatic heterocycles. The van der Waals surface area contributed by atoms with E-state index < -0.39 is 6.10 Å². The standard InChI is InChI=1S/C23H21NO3/c1-3-20(26-17-11-8-15(2)9-12-17)23(25)24-16-10-13-19-18-6-4-5-7-21(18)27-22(19)14-16/h4-14,20H,3H2,1-2H3,(H,24,25). The minimum absolute atomic E-state index is 0.173. The van der Waals surface area contributed by atoms with E-state index in [1.165, 1.54) is 0 Å². The van der Waals surface area contributed by atoms with Crippen LogP contribution >= 0.6 is 0 Å². The van der Waals surface area contributed by atoms with E-state index in [0.29, 0.717) is 17.9 Å². The Kier molecular flexibility index (Phi) is 4.55. The Bertz CT molecular complexity index is 1100. The third-order valence-corrected chi connectivity index (χ3v) is 4.61. The van der Waals surface area contributed by atoms with Crippen molar-refractivity contribution in [2.24, 2.45) is 0 Å². The van der Waals surface area contributed by atoms with E-state index in [9.17, 15) is 4.79 Å². The Balaban J connectivity index is 1.53. The zero-order valence-electron chi connectivity index (χ0n) is 15.4. The monoisotopic (exact) mass is 359 g/mol. The maximum Gasteiger partial charge on any atom is 0.265 e. The molecule has 4 aromatic rings. The molecule has 0 bridgehead atoms.